The number of rotatable bonds is 0. The zero-order chi connectivity index (χ0) is 12.6. The lowest BCUT2D eigenvalue weighted by molar-refractivity contribution is 0.144. The first kappa shape index (κ1) is 12.4. The molecule has 94 valence electrons. The lowest BCUT2D eigenvalue weighted by atomic mass is 9.85. The lowest BCUT2D eigenvalue weighted by Crippen LogP contribution is -2.28. The van der Waals surface area contributed by atoms with Crippen LogP contribution in [0.4, 0.5) is 0 Å². The first-order valence-corrected chi connectivity index (χ1v) is 6.10. The molecule has 1 aromatic carbocycles. The second-order valence-corrected chi connectivity index (χ2v) is 5.75. The summed E-state index contributed by atoms with van der Waals surface area (Å²) in [5.41, 5.74) is 7.99. The van der Waals surface area contributed by atoms with Gasteiger partial charge in [0.25, 0.3) is 0 Å². The van der Waals surface area contributed by atoms with Gasteiger partial charge in [-0.05, 0) is 29.5 Å². The molecule has 0 saturated heterocycles. The van der Waals surface area contributed by atoms with Gasteiger partial charge in [-0.3, -0.25) is 0 Å². The molecule has 17 heavy (non-hydrogen) atoms. The van der Waals surface area contributed by atoms with Crippen LogP contribution in [-0.4, -0.2) is 17.8 Å². The van der Waals surface area contributed by atoms with Gasteiger partial charge in [0, 0.05) is 11.6 Å². The molecule has 0 bridgehead atoms. The molecule has 3 nitrogen and oxygen atoms in total. The van der Waals surface area contributed by atoms with Gasteiger partial charge in [0.15, 0.2) is 0 Å². The van der Waals surface area contributed by atoms with Gasteiger partial charge in [-0.2, -0.15) is 0 Å². The van der Waals surface area contributed by atoms with Crippen molar-refractivity contribution in [3.63, 3.8) is 0 Å². The number of hydrogen-bond donors (Lipinski definition) is 2. The normalized spacial score (nSPS) is 24.8. The van der Waals surface area contributed by atoms with Gasteiger partial charge in [0.05, 0.1) is 12.7 Å². The van der Waals surface area contributed by atoms with Crippen LogP contribution in [0.3, 0.4) is 0 Å². The van der Waals surface area contributed by atoms with Crippen molar-refractivity contribution in [1.29, 1.82) is 0 Å². The third kappa shape index (κ3) is 2.45. The molecule has 2 atom stereocenters. The number of benzene rings is 1. The summed E-state index contributed by atoms with van der Waals surface area (Å²) in [7, 11) is 0. The standard InChI is InChI=1S/C14H21NO2/c1-14(2,3)9-4-5-12-10(8-9)13(16)11(15)6-7-17-12/h4-5,8,11,13,16H,6-7,15H2,1-3H3/t11-,13+/m1/s1. The molecule has 3 N–H and O–H groups in total. The van der Waals surface area contributed by atoms with Gasteiger partial charge in [-0.1, -0.05) is 26.8 Å². The molecule has 0 aliphatic carbocycles. The largest absolute Gasteiger partial charge is 0.493 e. The molecule has 0 radical (unpaired) electrons. The van der Waals surface area contributed by atoms with E-state index < -0.39 is 6.10 Å². The van der Waals surface area contributed by atoms with E-state index in [-0.39, 0.29) is 11.5 Å². The van der Waals surface area contributed by atoms with E-state index in [0.717, 1.165) is 11.3 Å². The maximum atomic E-state index is 10.2. The van der Waals surface area contributed by atoms with Crippen LogP contribution in [0.5, 0.6) is 5.75 Å². The van der Waals surface area contributed by atoms with Gasteiger partial charge >= 0.3 is 0 Å². The van der Waals surface area contributed by atoms with Crippen molar-refractivity contribution in [3.05, 3.63) is 29.3 Å². The molecule has 0 aromatic heterocycles. The minimum absolute atomic E-state index is 0.0607. The number of fused-ring (bicyclic) bond motifs is 1. The van der Waals surface area contributed by atoms with Crippen molar-refractivity contribution >= 4 is 0 Å². The Morgan fingerprint density at radius 1 is 1.35 bits per heavy atom. The smallest absolute Gasteiger partial charge is 0.125 e. The van der Waals surface area contributed by atoms with Crippen molar-refractivity contribution in [2.45, 2.75) is 44.8 Å². The predicted octanol–water partition coefficient (Wildman–Crippen LogP) is 2.13. The molecule has 3 heteroatoms. The van der Waals surface area contributed by atoms with E-state index in [4.69, 9.17) is 10.5 Å². The van der Waals surface area contributed by atoms with Crippen LogP contribution in [0, 0.1) is 0 Å². The van der Waals surface area contributed by atoms with Gasteiger partial charge in [-0.15, -0.1) is 0 Å². The first-order valence-electron chi connectivity index (χ1n) is 6.10. The van der Waals surface area contributed by atoms with Gasteiger partial charge < -0.3 is 15.6 Å². The molecule has 0 fully saturated rings. The molecule has 0 saturated carbocycles. The monoisotopic (exact) mass is 235 g/mol. The Labute approximate surface area is 103 Å². The average molecular weight is 235 g/mol. The molecular weight excluding hydrogens is 214 g/mol. The highest BCUT2D eigenvalue weighted by Gasteiger charge is 2.26. The van der Waals surface area contributed by atoms with Crippen molar-refractivity contribution < 1.29 is 9.84 Å². The van der Waals surface area contributed by atoms with Gasteiger partial charge in [0.2, 0.25) is 0 Å². The Hall–Kier alpha value is -1.06. The fraction of sp³-hybridized carbons (Fsp3) is 0.571. The first-order chi connectivity index (χ1) is 7.89. The highest BCUT2D eigenvalue weighted by Crippen LogP contribution is 2.34. The van der Waals surface area contributed by atoms with Crippen LogP contribution in [0.2, 0.25) is 0 Å². The Kier molecular flexibility index (Phi) is 3.15. The van der Waals surface area contributed by atoms with E-state index in [1.807, 2.05) is 12.1 Å². The van der Waals surface area contributed by atoms with Crippen LogP contribution >= 0.6 is 0 Å². The van der Waals surface area contributed by atoms with Crippen LogP contribution in [0.1, 0.15) is 44.4 Å². The minimum atomic E-state index is -0.630. The van der Waals surface area contributed by atoms with Crippen LogP contribution in [-0.2, 0) is 5.41 Å². The summed E-state index contributed by atoms with van der Waals surface area (Å²) < 4.78 is 5.62. The number of nitrogens with two attached hydrogens (primary N) is 1. The zero-order valence-electron chi connectivity index (χ0n) is 10.7. The summed E-state index contributed by atoms with van der Waals surface area (Å²) in [6.45, 7) is 7.02. The topological polar surface area (TPSA) is 55.5 Å². The van der Waals surface area contributed by atoms with Crippen molar-refractivity contribution in [2.75, 3.05) is 6.61 Å². The van der Waals surface area contributed by atoms with E-state index in [1.165, 1.54) is 5.56 Å². The quantitative estimate of drug-likeness (QED) is 0.724. The summed E-state index contributed by atoms with van der Waals surface area (Å²) in [4.78, 5) is 0. The number of hydrogen-bond acceptors (Lipinski definition) is 3. The van der Waals surface area contributed by atoms with Crippen LogP contribution in [0.25, 0.3) is 0 Å². The molecule has 0 unspecified atom stereocenters. The molecule has 1 aliphatic rings. The maximum Gasteiger partial charge on any atom is 0.125 e. The summed E-state index contributed by atoms with van der Waals surface area (Å²) in [6, 6.07) is 5.77. The predicted molar refractivity (Wildman–Crippen MR) is 68.2 cm³/mol. The fourth-order valence-electron chi connectivity index (χ4n) is 2.07. The van der Waals surface area contributed by atoms with E-state index in [9.17, 15) is 5.11 Å². The van der Waals surface area contributed by atoms with Crippen LogP contribution < -0.4 is 10.5 Å². The van der Waals surface area contributed by atoms with Crippen LogP contribution in [0.15, 0.2) is 18.2 Å². The lowest BCUT2D eigenvalue weighted by Gasteiger charge is -2.22. The molecule has 0 amide bonds. The van der Waals surface area contributed by atoms with E-state index in [0.29, 0.717) is 13.0 Å². The van der Waals surface area contributed by atoms with E-state index >= 15 is 0 Å². The highest BCUT2D eigenvalue weighted by atomic mass is 16.5. The van der Waals surface area contributed by atoms with Crippen molar-refractivity contribution in [3.8, 4) is 5.75 Å². The maximum absolute atomic E-state index is 10.2. The Morgan fingerprint density at radius 3 is 2.71 bits per heavy atom. The van der Waals surface area contributed by atoms with E-state index in [2.05, 4.69) is 26.8 Å². The summed E-state index contributed by atoms with van der Waals surface area (Å²) >= 11 is 0. The molecule has 1 aliphatic heterocycles. The molecule has 2 rings (SSSR count). The SMILES string of the molecule is CC(C)(C)c1ccc2c(c1)[C@H](O)[C@H](N)CCO2. The molecule has 1 aromatic rings. The Morgan fingerprint density at radius 2 is 2.06 bits per heavy atom. The molecular formula is C14H21NO2. The third-order valence-corrected chi connectivity index (χ3v) is 3.31. The fourth-order valence-corrected chi connectivity index (χ4v) is 2.07. The summed E-state index contributed by atoms with van der Waals surface area (Å²) in [5.74, 6) is 0.762. The van der Waals surface area contributed by atoms with Crippen molar-refractivity contribution in [2.24, 2.45) is 5.73 Å². The summed E-state index contributed by atoms with van der Waals surface area (Å²) in [5, 5.41) is 10.2. The molecule has 1 heterocycles. The van der Waals surface area contributed by atoms with Gasteiger partial charge in [0.1, 0.15) is 5.75 Å². The van der Waals surface area contributed by atoms with Gasteiger partial charge in [-0.25, -0.2) is 0 Å². The van der Waals surface area contributed by atoms with E-state index in [1.54, 1.807) is 0 Å². The summed E-state index contributed by atoms with van der Waals surface area (Å²) in [6.07, 6.45) is 0.0514. The number of aliphatic hydroxyl groups is 1. The van der Waals surface area contributed by atoms with Crippen molar-refractivity contribution in [1.82, 2.24) is 0 Å². The Bertz CT molecular complexity index is 409. The zero-order valence-corrected chi connectivity index (χ0v) is 10.7. The Balaban J connectivity index is 2.46. The highest BCUT2D eigenvalue weighted by molar-refractivity contribution is 5.42. The number of ether oxygens (including phenoxy) is 1. The third-order valence-electron chi connectivity index (χ3n) is 3.31. The second kappa shape index (κ2) is 4.31. The minimum Gasteiger partial charge on any atom is -0.493 e. The second-order valence-electron chi connectivity index (χ2n) is 5.75. The average Bonchev–Trinajstić information content (AvgIpc) is 2.39. The number of aliphatic hydroxyl groups excluding tert-OH is 1. The molecule has 0 spiro atoms.